The Kier molecular flexibility index (Phi) is 4.24. The molecule has 1 aromatic heterocycles. The predicted molar refractivity (Wildman–Crippen MR) is 99.9 cm³/mol. The van der Waals surface area contributed by atoms with Crippen LogP contribution in [0.5, 0.6) is 0 Å². The Labute approximate surface area is 149 Å². The van der Waals surface area contributed by atoms with Crippen LogP contribution in [0.1, 0.15) is 5.56 Å². The van der Waals surface area contributed by atoms with Gasteiger partial charge in [0.2, 0.25) is 0 Å². The van der Waals surface area contributed by atoms with Crippen molar-refractivity contribution in [3.05, 3.63) is 83.6 Å². The van der Waals surface area contributed by atoms with Gasteiger partial charge in [-0.05, 0) is 34.5 Å². The van der Waals surface area contributed by atoms with Crippen LogP contribution >= 0.6 is 23.4 Å². The Morgan fingerprint density at radius 3 is 2.71 bits per heavy atom. The molecule has 0 saturated carbocycles. The van der Waals surface area contributed by atoms with Gasteiger partial charge >= 0.3 is 0 Å². The van der Waals surface area contributed by atoms with E-state index in [1.165, 1.54) is 16.3 Å². The molecule has 3 aromatic carbocycles. The Morgan fingerprint density at radius 2 is 1.79 bits per heavy atom. The molecule has 3 nitrogen and oxygen atoms in total. The fourth-order valence-corrected chi connectivity index (χ4v) is 3.80. The number of benzene rings is 3. The smallest absolute Gasteiger partial charge is 0.195 e. The van der Waals surface area contributed by atoms with E-state index in [9.17, 15) is 0 Å². The molecule has 0 aliphatic rings. The minimum atomic E-state index is 0.700. The zero-order chi connectivity index (χ0) is 16.4. The first-order valence-electron chi connectivity index (χ1n) is 7.57. The van der Waals surface area contributed by atoms with Crippen molar-refractivity contribution in [3.8, 4) is 5.69 Å². The molecular formula is C19H14ClN3S. The van der Waals surface area contributed by atoms with E-state index in [4.69, 9.17) is 11.6 Å². The summed E-state index contributed by atoms with van der Waals surface area (Å²) in [7, 11) is 0. The molecule has 0 saturated heterocycles. The highest BCUT2D eigenvalue weighted by Gasteiger charge is 2.09. The zero-order valence-corrected chi connectivity index (χ0v) is 14.3. The fraction of sp³-hybridized carbons (Fsp3) is 0.0526. The molecule has 0 spiro atoms. The van der Waals surface area contributed by atoms with Crippen LogP contribution in [0.25, 0.3) is 16.5 Å². The lowest BCUT2D eigenvalue weighted by atomic mass is 10.1. The maximum Gasteiger partial charge on any atom is 0.195 e. The summed E-state index contributed by atoms with van der Waals surface area (Å²) in [5.74, 6) is 0.834. The normalized spacial score (nSPS) is 11.0. The standard InChI is InChI=1S/C19H14ClN3S/c20-16-8-4-9-17(11-16)23-13-21-22-19(23)24-12-15-7-3-6-14-5-1-2-10-18(14)15/h1-11,13H,12H2. The van der Waals surface area contributed by atoms with Gasteiger partial charge in [-0.3, -0.25) is 4.57 Å². The summed E-state index contributed by atoms with van der Waals surface area (Å²) < 4.78 is 1.96. The van der Waals surface area contributed by atoms with Crippen LogP contribution in [-0.2, 0) is 5.75 Å². The molecular weight excluding hydrogens is 338 g/mol. The van der Waals surface area contributed by atoms with Gasteiger partial charge < -0.3 is 0 Å². The Bertz CT molecular complexity index is 991. The lowest BCUT2D eigenvalue weighted by Crippen LogP contribution is -1.95. The van der Waals surface area contributed by atoms with Crippen LogP contribution in [0.3, 0.4) is 0 Å². The van der Waals surface area contributed by atoms with E-state index in [-0.39, 0.29) is 0 Å². The van der Waals surface area contributed by atoms with E-state index < -0.39 is 0 Å². The highest BCUT2D eigenvalue weighted by Crippen LogP contribution is 2.28. The van der Waals surface area contributed by atoms with Crippen molar-refractivity contribution in [3.63, 3.8) is 0 Å². The van der Waals surface area contributed by atoms with Crippen LogP contribution < -0.4 is 0 Å². The van der Waals surface area contributed by atoms with Gasteiger partial charge in [0.1, 0.15) is 6.33 Å². The molecule has 0 aliphatic carbocycles. The van der Waals surface area contributed by atoms with Crippen LogP contribution in [0.2, 0.25) is 5.02 Å². The second-order valence-electron chi connectivity index (χ2n) is 5.39. The van der Waals surface area contributed by atoms with Gasteiger partial charge in [-0.1, -0.05) is 71.9 Å². The molecule has 0 amide bonds. The number of fused-ring (bicyclic) bond motifs is 1. The molecule has 5 heteroatoms. The van der Waals surface area contributed by atoms with Gasteiger partial charge in [0.05, 0.1) is 5.69 Å². The van der Waals surface area contributed by atoms with Crippen molar-refractivity contribution in [1.82, 2.24) is 14.8 Å². The first kappa shape index (κ1) is 15.2. The summed E-state index contributed by atoms with van der Waals surface area (Å²) in [6.07, 6.45) is 1.72. The SMILES string of the molecule is Clc1cccc(-n2cnnc2SCc2cccc3ccccc23)c1. The second-order valence-corrected chi connectivity index (χ2v) is 6.77. The molecule has 0 aliphatic heterocycles. The highest BCUT2D eigenvalue weighted by molar-refractivity contribution is 7.98. The van der Waals surface area contributed by atoms with Crippen molar-refractivity contribution in [2.24, 2.45) is 0 Å². The van der Waals surface area contributed by atoms with Crippen molar-refractivity contribution in [2.75, 3.05) is 0 Å². The fourth-order valence-electron chi connectivity index (χ4n) is 2.69. The molecule has 4 aromatic rings. The Morgan fingerprint density at radius 1 is 0.958 bits per heavy atom. The van der Waals surface area contributed by atoms with Crippen LogP contribution in [0.4, 0.5) is 0 Å². The maximum atomic E-state index is 6.09. The predicted octanol–water partition coefficient (Wildman–Crippen LogP) is 5.37. The first-order chi connectivity index (χ1) is 11.8. The molecule has 0 N–H and O–H groups in total. The molecule has 4 rings (SSSR count). The molecule has 0 radical (unpaired) electrons. The molecule has 0 bridgehead atoms. The third-order valence-electron chi connectivity index (χ3n) is 3.84. The number of hydrogen-bond acceptors (Lipinski definition) is 3. The number of nitrogens with zero attached hydrogens (tertiary/aromatic N) is 3. The van der Waals surface area contributed by atoms with Crippen molar-refractivity contribution < 1.29 is 0 Å². The van der Waals surface area contributed by atoms with Gasteiger partial charge in [-0.25, -0.2) is 0 Å². The van der Waals surface area contributed by atoms with Gasteiger partial charge in [-0.15, -0.1) is 10.2 Å². The summed E-state index contributed by atoms with van der Waals surface area (Å²) in [6, 6.07) is 22.5. The van der Waals surface area contributed by atoms with Crippen molar-refractivity contribution >= 4 is 34.1 Å². The zero-order valence-electron chi connectivity index (χ0n) is 12.8. The van der Waals surface area contributed by atoms with E-state index in [2.05, 4.69) is 52.7 Å². The monoisotopic (exact) mass is 351 g/mol. The summed E-state index contributed by atoms with van der Waals surface area (Å²) in [4.78, 5) is 0. The topological polar surface area (TPSA) is 30.7 Å². The molecule has 1 heterocycles. The lowest BCUT2D eigenvalue weighted by Gasteiger charge is -2.08. The molecule has 118 valence electrons. The van der Waals surface area contributed by atoms with Crippen LogP contribution in [0.15, 0.2) is 78.2 Å². The number of halogens is 1. The maximum absolute atomic E-state index is 6.09. The third-order valence-corrected chi connectivity index (χ3v) is 5.07. The quantitative estimate of drug-likeness (QED) is 0.463. The lowest BCUT2D eigenvalue weighted by molar-refractivity contribution is 0.884. The summed E-state index contributed by atoms with van der Waals surface area (Å²) in [5, 5.41) is 12.4. The Balaban J connectivity index is 1.62. The first-order valence-corrected chi connectivity index (χ1v) is 8.93. The van der Waals surface area contributed by atoms with E-state index in [0.717, 1.165) is 16.6 Å². The van der Waals surface area contributed by atoms with E-state index in [0.29, 0.717) is 5.02 Å². The minimum Gasteiger partial charge on any atom is -0.277 e. The number of aromatic nitrogens is 3. The number of thioether (sulfide) groups is 1. The van der Waals surface area contributed by atoms with Crippen LogP contribution in [-0.4, -0.2) is 14.8 Å². The second kappa shape index (κ2) is 6.67. The highest BCUT2D eigenvalue weighted by atomic mass is 35.5. The van der Waals surface area contributed by atoms with E-state index in [1.807, 2.05) is 28.8 Å². The van der Waals surface area contributed by atoms with E-state index in [1.54, 1.807) is 18.1 Å². The molecule has 0 fully saturated rings. The largest absolute Gasteiger partial charge is 0.277 e. The average Bonchev–Trinajstić information content (AvgIpc) is 3.08. The van der Waals surface area contributed by atoms with Crippen molar-refractivity contribution in [2.45, 2.75) is 10.9 Å². The molecule has 0 atom stereocenters. The van der Waals surface area contributed by atoms with Gasteiger partial charge in [-0.2, -0.15) is 0 Å². The van der Waals surface area contributed by atoms with Gasteiger partial charge in [0, 0.05) is 10.8 Å². The van der Waals surface area contributed by atoms with Crippen molar-refractivity contribution in [1.29, 1.82) is 0 Å². The van der Waals surface area contributed by atoms with E-state index >= 15 is 0 Å². The number of rotatable bonds is 4. The summed E-state index contributed by atoms with van der Waals surface area (Å²) >= 11 is 7.76. The average molecular weight is 352 g/mol. The molecule has 24 heavy (non-hydrogen) atoms. The summed E-state index contributed by atoms with van der Waals surface area (Å²) in [5.41, 5.74) is 2.26. The molecule has 0 unspecified atom stereocenters. The Hall–Kier alpha value is -2.30. The number of hydrogen-bond donors (Lipinski definition) is 0. The third kappa shape index (κ3) is 3.03. The van der Waals surface area contributed by atoms with Gasteiger partial charge in [0.15, 0.2) is 5.16 Å². The van der Waals surface area contributed by atoms with Crippen LogP contribution in [0, 0.1) is 0 Å². The summed E-state index contributed by atoms with van der Waals surface area (Å²) in [6.45, 7) is 0. The minimum absolute atomic E-state index is 0.700. The van der Waals surface area contributed by atoms with Gasteiger partial charge in [0.25, 0.3) is 0 Å².